The number of hydrogen-bond donors (Lipinski definition) is 1. The molecule has 1 atom stereocenters. The average molecular weight is 197 g/mol. The van der Waals surface area contributed by atoms with Gasteiger partial charge in [0.25, 0.3) is 0 Å². The fraction of sp³-hybridized carbons (Fsp3) is 1.00. The first-order chi connectivity index (χ1) is 6.79. The Morgan fingerprint density at radius 2 is 2.07 bits per heavy atom. The fourth-order valence-electron chi connectivity index (χ4n) is 2.84. The van der Waals surface area contributed by atoms with Crippen molar-refractivity contribution in [1.29, 1.82) is 0 Å². The van der Waals surface area contributed by atoms with E-state index in [1.807, 2.05) is 0 Å². The molecule has 0 aromatic heterocycles. The molecule has 0 aromatic carbocycles. The van der Waals surface area contributed by atoms with Crippen molar-refractivity contribution in [2.45, 2.75) is 25.3 Å². The number of nitrogens with two attached hydrogens (primary N) is 1. The van der Waals surface area contributed by atoms with E-state index in [1.54, 1.807) is 0 Å². The molecule has 82 valence electrons. The Morgan fingerprint density at radius 1 is 1.29 bits per heavy atom. The summed E-state index contributed by atoms with van der Waals surface area (Å²) < 4.78 is 0. The second-order valence-corrected chi connectivity index (χ2v) is 4.97. The van der Waals surface area contributed by atoms with Crippen LogP contribution in [0.5, 0.6) is 0 Å². The maximum atomic E-state index is 5.80. The van der Waals surface area contributed by atoms with Crippen LogP contribution < -0.4 is 5.73 Å². The molecule has 2 rings (SSSR count). The van der Waals surface area contributed by atoms with Gasteiger partial charge in [0, 0.05) is 32.2 Å². The highest BCUT2D eigenvalue weighted by atomic mass is 15.2. The van der Waals surface area contributed by atoms with Crippen molar-refractivity contribution in [3.05, 3.63) is 0 Å². The molecule has 3 heteroatoms. The van der Waals surface area contributed by atoms with E-state index in [2.05, 4.69) is 16.8 Å². The molecule has 2 aliphatic rings. The molecule has 2 aliphatic heterocycles. The molecular formula is C11H23N3. The number of piperidine rings is 1. The Balaban J connectivity index is 1.77. The Hall–Kier alpha value is -0.120. The van der Waals surface area contributed by atoms with E-state index in [0.29, 0.717) is 6.04 Å². The zero-order valence-electron chi connectivity index (χ0n) is 9.28. The molecule has 0 bridgehead atoms. The molecule has 0 amide bonds. The number of likely N-dealkylation sites (tertiary alicyclic amines) is 2. The van der Waals surface area contributed by atoms with Crippen molar-refractivity contribution in [2.24, 2.45) is 11.7 Å². The van der Waals surface area contributed by atoms with E-state index < -0.39 is 0 Å². The zero-order chi connectivity index (χ0) is 9.97. The Morgan fingerprint density at radius 3 is 2.71 bits per heavy atom. The van der Waals surface area contributed by atoms with Gasteiger partial charge in [0.2, 0.25) is 0 Å². The monoisotopic (exact) mass is 197 g/mol. The first-order valence-electron chi connectivity index (χ1n) is 5.92. The van der Waals surface area contributed by atoms with Crippen LogP contribution in [0.3, 0.4) is 0 Å². The summed E-state index contributed by atoms with van der Waals surface area (Å²) in [6.07, 6.45) is 4.07. The van der Waals surface area contributed by atoms with Gasteiger partial charge in [-0.3, -0.25) is 4.90 Å². The molecule has 0 aromatic rings. The van der Waals surface area contributed by atoms with Gasteiger partial charge in [-0.2, -0.15) is 0 Å². The van der Waals surface area contributed by atoms with Crippen LogP contribution in [0.1, 0.15) is 19.3 Å². The van der Waals surface area contributed by atoms with Crippen molar-refractivity contribution < 1.29 is 0 Å². The van der Waals surface area contributed by atoms with E-state index in [9.17, 15) is 0 Å². The summed E-state index contributed by atoms with van der Waals surface area (Å²) in [5, 5.41) is 0. The highest BCUT2D eigenvalue weighted by molar-refractivity contribution is 4.84. The molecule has 2 fully saturated rings. The minimum absolute atomic E-state index is 0.676. The summed E-state index contributed by atoms with van der Waals surface area (Å²) in [7, 11) is 2.20. The second kappa shape index (κ2) is 4.60. The van der Waals surface area contributed by atoms with Crippen LogP contribution in [0, 0.1) is 5.92 Å². The lowest BCUT2D eigenvalue weighted by Crippen LogP contribution is -2.53. The molecule has 2 saturated heterocycles. The second-order valence-electron chi connectivity index (χ2n) is 4.97. The topological polar surface area (TPSA) is 32.5 Å². The van der Waals surface area contributed by atoms with E-state index in [1.165, 1.54) is 45.4 Å². The maximum Gasteiger partial charge on any atom is 0.0218 e. The third kappa shape index (κ3) is 2.27. The first kappa shape index (κ1) is 10.4. The van der Waals surface area contributed by atoms with Crippen molar-refractivity contribution in [2.75, 3.05) is 39.8 Å². The molecular weight excluding hydrogens is 174 g/mol. The fourth-order valence-corrected chi connectivity index (χ4v) is 2.84. The van der Waals surface area contributed by atoms with Crippen molar-refractivity contribution in [3.63, 3.8) is 0 Å². The normalized spacial score (nSPS) is 31.7. The highest BCUT2D eigenvalue weighted by Gasteiger charge is 2.29. The van der Waals surface area contributed by atoms with Crippen molar-refractivity contribution >= 4 is 0 Å². The molecule has 0 spiro atoms. The molecule has 14 heavy (non-hydrogen) atoms. The molecule has 0 radical (unpaired) electrons. The summed E-state index contributed by atoms with van der Waals surface area (Å²) in [5.41, 5.74) is 5.80. The summed E-state index contributed by atoms with van der Waals surface area (Å²) in [5.74, 6) is 0.909. The standard InChI is InChI=1S/C11H23N3/c1-13-7-10(8-13)9-14-5-3-2-4-11(14)6-12/h10-11H,2-9,12H2,1H3. The summed E-state index contributed by atoms with van der Waals surface area (Å²) in [4.78, 5) is 5.02. The number of nitrogens with zero attached hydrogens (tertiary/aromatic N) is 2. The lowest BCUT2D eigenvalue weighted by atomic mass is 9.96. The van der Waals surface area contributed by atoms with Crippen LogP contribution in [0.15, 0.2) is 0 Å². The minimum atomic E-state index is 0.676. The molecule has 0 aliphatic carbocycles. The van der Waals surface area contributed by atoms with E-state index in [4.69, 9.17) is 5.73 Å². The zero-order valence-corrected chi connectivity index (χ0v) is 9.28. The molecule has 2 N–H and O–H groups in total. The van der Waals surface area contributed by atoms with Crippen LogP contribution in [0.25, 0.3) is 0 Å². The molecule has 1 unspecified atom stereocenters. The lowest BCUT2D eigenvalue weighted by molar-refractivity contribution is 0.0585. The predicted molar refractivity (Wildman–Crippen MR) is 59.3 cm³/mol. The smallest absolute Gasteiger partial charge is 0.0218 e. The van der Waals surface area contributed by atoms with Crippen LogP contribution in [0.2, 0.25) is 0 Å². The van der Waals surface area contributed by atoms with Gasteiger partial charge in [0.05, 0.1) is 0 Å². The summed E-state index contributed by atoms with van der Waals surface area (Å²) in [6, 6.07) is 0.676. The maximum absolute atomic E-state index is 5.80. The van der Waals surface area contributed by atoms with Gasteiger partial charge in [-0.25, -0.2) is 0 Å². The van der Waals surface area contributed by atoms with Gasteiger partial charge >= 0.3 is 0 Å². The quantitative estimate of drug-likeness (QED) is 0.709. The summed E-state index contributed by atoms with van der Waals surface area (Å²) >= 11 is 0. The highest BCUT2D eigenvalue weighted by Crippen LogP contribution is 2.21. The van der Waals surface area contributed by atoms with Crippen molar-refractivity contribution in [3.8, 4) is 0 Å². The third-order valence-electron chi connectivity index (χ3n) is 3.65. The minimum Gasteiger partial charge on any atom is -0.329 e. The number of hydrogen-bond acceptors (Lipinski definition) is 3. The summed E-state index contributed by atoms with van der Waals surface area (Å²) in [6.45, 7) is 5.98. The average Bonchev–Trinajstić information content (AvgIpc) is 2.16. The number of rotatable bonds is 3. The van der Waals surface area contributed by atoms with Gasteiger partial charge < -0.3 is 10.6 Å². The molecule has 3 nitrogen and oxygen atoms in total. The van der Waals surface area contributed by atoms with Gasteiger partial charge in [-0.1, -0.05) is 6.42 Å². The van der Waals surface area contributed by atoms with Gasteiger partial charge in [-0.05, 0) is 32.4 Å². The molecule has 2 heterocycles. The van der Waals surface area contributed by atoms with Crippen LogP contribution >= 0.6 is 0 Å². The predicted octanol–water partition coefficient (Wildman–Crippen LogP) is 0.361. The lowest BCUT2D eigenvalue weighted by Gasteiger charge is -2.43. The van der Waals surface area contributed by atoms with E-state index in [-0.39, 0.29) is 0 Å². The van der Waals surface area contributed by atoms with E-state index >= 15 is 0 Å². The largest absolute Gasteiger partial charge is 0.329 e. The first-order valence-corrected chi connectivity index (χ1v) is 5.92. The molecule has 0 saturated carbocycles. The van der Waals surface area contributed by atoms with Gasteiger partial charge in [-0.15, -0.1) is 0 Å². The Bertz CT molecular complexity index is 177. The SMILES string of the molecule is CN1CC(CN2CCCCC2CN)C1. The van der Waals surface area contributed by atoms with Crippen molar-refractivity contribution in [1.82, 2.24) is 9.80 Å². The van der Waals surface area contributed by atoms with Gasteiger partial charge in [0.15, 0.2) is 0 Å². The van der Waals surface area contributed by atoms with Gasteiger partial charge in [0.1, 0.15) is 0 Å². The Labute approximate surface area is 87.2 Å². The van der Waals surface area contributed by atoms with Crippen LogP contribution in [0.4, 0.5) is 0 Å². The van der Waals surface area contributed by atoms with Crippen LogP contribution in [-0.2, 0) is 0 Å². The van der Waals surface area contributed by atoms with E-state index in [0.717, 1.165) is 12.5 Å². The van der Waals surface area contributed by atoms with Crippen LogP contribution in [-0.4, -0.2) is 55.6 Å². The Kier molecular flexibility index (Phi) is 3.42. The third-order valence-corrected chi connectivity index (χ3v) is 3.65.